The minimum atomic E-state index is 0.0693. The summed E-state index contributed by atoms with van der Waals surface area (Å²) in [5.41, 5.74) is 25.2. The van der Waals surface area contributed by atoms with E-state index in [1.165, 1.54) is 109 Å². The molecule has 0 aliphatic heterocycles. The van der Waals surface area contributed by atoms with E-state index in [9.17, 15) is 0 Å². The average molecular weight is 849 g/mol. The van der Waals surface area contributed by atoms with E-state index in [1.807, 2.05) is 0 Å². The maximum Gasteiger partial charge on any atom is 0.0973 e. The maximum absolute atomic E-state index is 5.49. The van der Waals surface area contributed by atoms with Gasteiger partial charge >= 0.3 is 0 Å². The first-order valence-corrected chi connectivity index (χ1v) is 24.4. The number of rotatable bonds is 6. The van der Waals surface area contributed by atoms with Gasteiger partial charge in [0.1, 0.15) is 0 Å². The molecule has 4 aliphatic carbocycles. The van der Waals surface area contributed by atoms with Crippen molar-refractivity contribution in [3.63, 3.8) is 0 Å². The predicted octanol–water partition coefficient (Wildman–Crippen LogP) is 16.9. The van der Waals surface area contributed by atoms with Gasteiger partial charge in [0.2, 0.25) is 0 Å². The molecule has 0 N–H and O–H groups in total. The fourth-order valence-electron chi connectivity index (χ4n) is 12.7. The lowest BCUT2D eigenvalue weighted by Gasteiger charge is -2.37. The van der Waals surface area contributed by atoms with Gasteiger partial charge in [-0.25, -0.2) is 9.97 Å². The molecule has 0 amide bonds. The Hall–Kier alpha value is -7.16. The number of fused-ring (bicyclic) bond motifs is 10. The topological polar surface area (TPSA) is 25.8 Å². The van der Waals surface area contributed by atoms with Gasteiger partial charge in [0, 0.05) is 33.1 Å². The van der Waals surface area contributed by atoms with Gasteiger partial charge < -0.3 is 0 Å². The summed E-state index contributed by atoms with van der Waals surface area (Å²) < 4.78 is 0. The summed E-state index contributed by atoms with van der Waals surface area (Å²) >= 11 is 0. The first-order chi connectivity index (χ1) is 32.7. The normalized spacial score (nSPS) is 16.1. The van der Waals surface area contributed by atoms with Crippen LogP contribution >= 0.6 is 0 Å². The van der Waals surface area contributed by atoms with Crippen LogP contribution in [0.25, 0.3) is 89.5 Å². The third kappa shape index (κ3) is 6.22. The van der Waals surface area contributed by atoms with Crippen molar-refractivity contribution in [1.82, 2.24) is 9.97 Å². The highest BCUT2D eigenvalue weighted by Crippen LogP contribution is 2.62. The first kappa shape index (κ1) is 39.2. The summed E-state index contributed by atoms with van der Waals surface area (Å²) in [4.78, 5) is 10.9. The first-order valence-electron chi connectivity index (χ1n) is 24.4. The molecule has 0 bridgehead atoms. The Morgan fingerprint density at radius 3 is 1.14 bits per heavy atom. The molecule has 2 fully saturated rings. The van der Waals surface area contributed by atoms with E-state index in [0.717, 1.165) is 45.0 Å². The molecule has 2 spiro atoms. The lowest BCUT2D eigenvalue weighted by Crippen LogP contribution is -2.29. The van der Waals surface area contributed by atoms with E-state index < -0.39 is 0 Å². The van der Waals surface area contributed by atoms with Crippen molar-refractivity contribution in [2.45, 2.75) is 75.0 Å². The van der Waals surface area contributed by atoms with Crippen LogP contribution in [-0.2, 0) is 10.8 Å². The molecular weight excluding hydrogens is 797 g/mol. The summed E-state index contributed by atoms with van der Waals surface area (Å²) in [5, 5.41) is 0. The van der Waals surface area contributed by atoms with Gasteiger partial charge in [0.25, 0.3) is 0 Å². The zero-order valence-corrected chi connectivity index (χ0v) is 37.4. The number of nitrogens with zero attached hydrogens (tertiary/aromatic N) is 2. The Morgan fingerprint density at radius 2 is 0.606 bits per heavy atom. The number of hydrogen-bond acceptors (Lipinski definition) is 2. The van der Waals surface area contributed by atoms with Crippen LogP contribution in [0.3, 0.4) is 0 Å². The minimum absolute atomic E-state index is 0.0693. The molecule has 13 rings (SSSR count). The van der Waals surface area contributed by atoms with Crippen molar-refractivity contribution in [3.8, 4) is 89.5 Å². The average Bonchev–Trinajstić information content (AvgIpc) is 3.80. The van der Waals surface area contributed by atoms with E-state index >= 15 is 0 Å². The van der Waals surface area contributed by atoms with Gasteiger partial charge in [-0.05, 0) is 117 Å². The van der Waals surface area contributed by atoms with E-state index in [-0.39, 0.29) is 10.8 Å². The molecule has 2 saturated carbocycles. The fourth-order valence-corrected chi connectivity index (χ4v) is 12.7. The molecule has 2 nitrogen and oxygen atoms in total. The second-order valence-electron chi connectivity index (χ2n) is 19.4. The van der Waals surface area contributed by atoms with Gasteiger partial charge in [0.15, 0.2) is 0 Å². The second-order valence-corrected chi connectivity index (χ2v) is 19.4. The van der Waals surface area contributed by atoms with Crippen LogP contribution in [-0.4, -0.2) is 9.97 Å². The summed E-state index contributed by atoms with van der Waals surface area (Å²) in [6.07, 6.45) is 12.9. The summed E-state index contributed by atoms with van der Waals surface area (Å²) in [6.45, 7) is 0. The molecule has 1 aromatic heterocycles. The Labute approximate surface area is 389 Å². The minimum Gasteiger partial charge on any atom is -0.243 e. The molecule has 0 radical (unpaired) electrons. The molecule has 318 valence electrons. The molecule has 8 aromatic carbocycles. The molecule has 0 atom stereocenters. The van der Waals surface area contributed by atoms with Crippen molar-refractivity contribution < 1.29 is 0 Å². The van der Waals surface area contributed by atoms with E-state index in [4.69, 9.17) is 9.97 Å². The van der Waals surface area contributed by atoms with Crippen LogP contribution in [0.2, 0.25) is 0 Å². The lowest BCUT2D eigenvalue weighted by atomic mass is 9.66. The molecule has 2 heteroatoms. The predicted molar refractivity (Wildman–Crippen MR) is 273 cm³/mol. The zero-order chi connectivity index (χ0) is 43.7. The van der Waals surface area contributed by atoms with Crippen molar-refractivity contribution in [2.75, 3.05) is 0 Å². The monoisotopic (exact) mass is 848 g/mol. The summed E-state index contributed by atoms with van der Waals surface area (Å²) in [5.74, 6) is 0. The van der Waals surface area contributed by atoms with E-state index in [2.05, 4.69) is 194 Å². The lowest BCUT2D eigenvalue weighted by molar-refractivity contribution is 0.350. The standard InChI is InChI=1S/C64H52N2/c1-6-19-44(20-7-1)59-60(45-21-8-2-9-22-45)66-62(61(65-59)46-23-10-3-11-24-46)47-31-29-43(30-32-47)48-25-18-26-49(39-48)50-33-34-52-54-42-57-53(41-58(54)64(56(52)40-50)37-16-5-17-38-64)51-27-12-13-28-55(51)63(57)35-14-4-15-36-63/h1-3,6-13,18-34,39-42H,4-5,14-17,35-38H2. The summed E-state index contributed by atoms with van der Waals surface area (Å²) in [6, 6.07) is 71.8. The van der Waals surface area contributed by atoms with Crippen molar-refractivity contribution in [2.24, 2.45) is 0 Å². The summed E-state index contributed by atoms with van der Waals surface area (Å²) in [7, 11) is 0. The van der Waals surface area contributed by atoms with Crippen LogP contribution < -0.4 is 0 Å². The highest BCUT2D eigenvalue weighted by atomic mass is 14.9. The quantitative estimate of drug-likeness (QED) is 0.167. The SMILES string of the molecule is c1ccc(-c2nc(-c3ccccc3)c(-c3ccc(-c4cccc(-c5ccc6c(c5)C5(CCCCC5)c5cc7c(cc5-6)C5(CCCCC5)c5ccccc5-7)c4)cc3)nc2-c2ccccc2)cc1. The molecule has 9 aromatic rings. The van der Waals surface area contributed by atoms with Crippen LogP contribution in [0.5, 0.6) is 0 Å². The Kier molecular flexibility index (Phi) is 9.38. The fraction of sp³-hybridized carbons (Fsp3) is 0.188. The van der Waals surface area contributed by atoms with Gasteiger partial charge in [-0.1, -0.05) is 208 Å². The van der Waals surface area contributed by atoms with Crippen molar-refractivity contribution in [1.29, 1.82) is 0 Å². The zero-order valence-electron chi connectivity index (χ0n) is 37.4. The Morgan fingerprint density at radius 1 is 0.242 bits per heavy atom. The Bertz CT molecular complexity index is 3280. The molecule has 4 aliphatic rings. The van der Waals surface area contributed by atoms with Gasteiger partial charge in [-0.15, -0.1) is 0 Å². The third-order valence-corrected chi connectivity index (χ3v) is 15.9. The van der Waals surface area contributed by atoms with Crippen molar-refractivity contribution >= 4 is 0 Å². The number of benzene rings is 8. The number of aromatic nitrogens is 2. The second kappa shape index (κ2) is 15.8. The molecular formula is C64H52N2. The van der Waals surface area contributed by atoms with Gasteiger partial charge in [-0.3, -0.25) is 0 Å². The highest BCUT2D eigenvalue weighted by Gasteiger charge is 2.49. The van der Waals surface area contributed by atoms with E-state index in [0.29, 0.717) is 0 Å². The van der Waals surface area contributed by atoms with Gasteiger partial charge in [-0.2, -0.15) is 0 Å². The van der Waals surface area contributed by atoms with Gasteiger partial charge in [0.05, 0.1) is 22.8 Å². The smallest absolute Gasteiger partial charge is 0.0973 e. The van der Waals surface area contributed by atoms with Crippen LogP contribution in [0.4, 0.5) is 0 Å². The largest absolute Gasteiger partial charge is 0.243 e. The molecule has 0 saturated heterocycles. The maximum atomic E-state index is 5.49. The van der Waals surface area contributed by atoms with Crippen molar-refractivity contribution in [3.05, 3.63) is 216 Å². The molecule has 1 heterocycles. The van der Waals surface area contributed by atoms with Crippen LogP contribution in [0.15, 0.2) is 194 Å². The number of hydrogen-bond donors (Lipinski definition) is 0. The third-order valence-electron chi connectivity index (χ3n) is 15.9. The molecule has 0 unspecified atom stereocenters. The van der Waals surface area contributed by atoms with E-state index in [1.54, 1.807) is 22.3 Å². The van der Waals surface area contributed by atoms with Crippen LogP contribution in [0.1, 0.15) is 86.5 Å². The molecule has 66 heavy (non-hydrogen) atoms. The highest BCUT2D eigenvalue weighted by molar-refractivity contribution is 5.92. The Balaban J connectivity index is 0.879. The van der Waals surface area contributed by atoms with Crippen LogP contribution in [0, 0.1) is 0 Å².